The van der Waals surface area contributed by atoms with Gasteiger partial charge in [-0.3, -0.25) is 0 Å². The maximum Gasteiger partial charge on any atom is 0.138 e. The van der Waals surface area contributed by atoms with Crippen LogP contribution in [0.1, 0.15) is 19.4 Å². The van der Waals surface area contributed by atoms with Gasteiger partial charge >= 0.3 is 0 Å². The van der Waals surface area contributed by atoms with Gasteiger partial charge in [0, 0.05) is 26.9 Å². The van der Waals surface area contributed by atoms with Crippen molar-refractivity contribution in [3.05, 3.63) is 29.6 Å². The molecule has 0 aliphatic carbocycles. The van der Waals surface area contributed by atoms with E-state index < -0.39 is 8.07 Å². The van der Waals surface area contributed by atoms with Crippen molar-refractivity contribution in [2.75, 3.05) is 12.3 Å². The number of hydrogen-bond acceptors (Lipinski definition) is 3. The number of ether oxygens (including phenoxy) is 1. The third-order valence-electron chi connectivity index (χ3n) is 3.15. The summed E-state index contributed by atoms with van der Waals surface area (Å²) in [6, 6.07) is 3.25. The number of nitrogen functional groups attached to an aromatic ring is 1. The summed E-state index contributed by atoms with van der Waals surface area (Å²) in [5, 5.41) is 3.46. The first-order valence-electron chi connectivity index (χ1n) is 7.82. The zero-order valence-corrected chi connectivity index (χ0v) is 16.6. The first-order chi connectivity index (χ1) is 10.6. The molecule has 0 radical (unpaired) electrons. The lowest BCUT2D eigenvalue weighted by molar-refractivity contribution is 0.0889. The molecule has 1 aromatic rings. The van der Waals surface area contributed by atoms with Gasteiger partial charge in [-0.2, -0.15) is 0 Å². The summed E-state index contributed by atoms with van der Waals surface area (Å²) >= 11 is 5.82. The second-order valence-corrected chi connectivity index (χ2v) is 13.1. The lowest BCUT2D eigenvalue weighted by atomic mass is 10.2. The summed E-state index contributed by atoms with van der Waals surface area (Å²) in [7, 11) is -1.08. The molecule has 0 unspecified atom stereocenters. The SMILES string of the molecule is C=C(Cl)/N=C(/NC(C)C)c1ccn(COCC[Si](C)(C)C)c1N. The highest BCUT2D eigenvalue weighted by Gasteiger charge is 2.15. The smallest absolute Gasteiger partial charge is 0.138 e. The number of aromatic nitrogens is 1. The van der Waals surface area contributed by atoms with Crippen LogP contribution in [0.15, 0.2) is 29.0 Å². The standard InChI is InChI=1S/C16H29ClN4OSi/c1-12(2)19-16(20-13(3)17)14-7-8-21(15(14)18)11-22-9-10-23(4,5)6/h7-8,12H,3,9-11,18H2,1-2,4-6H3,(H,19,20). The van der Waals surface area contributed by atoms with Gasteiger partial charge in [0.15, 0.2) is 0 Å². The van der Waals surface area contributed by atoms with Crippen LogP contribution in [-0.4, -0.2) is 31.1 Å². The summed E-state index contributed by atoms with van der Waals surface area (Å²) in [4.78, 5) is 4.24. The summed E-state index contributed by atoms with van der Waals surface area (Å²) < 4.78 is 7.61. The topological polar surface area (TPSA) is 64.6 Å². The predicted molar refractivity (Wildman–Crippen MR) is 103 cm³/mol. The minimum atomic E-state index is -1.08. The van der Waals surface area contributed by atoms with E-state index in [9.17, 15) is 0 Å². The number of nitrogens with two attached hydrogens (primary N) is 1. The molecule has 23 heavy (non-hydrogen) atoms. The molecule has 0 saturated heterocycles. The fourth-order valence-corrected chi connectivity index (χ4v) is 2.75. The molecule has 0 fully saturated rings. The molecule has 0 amide bonds. The van der Waals surface area contributed by atoms with Crippen molar-refractivity contribution < 1.29 is 4.74 Å². The highest BCUT2D eigenvalue weighted by atomic mass is 35.5. The molecule has 7 heteroatoms. The summed E-state index contributed by atoms with van der Waals surface area (Å²) in [5.41, 5.74) is 7.02. The van der Waals surface area contributed by atoms with E-state index in [0.717, 1.165) is 18.2 Å². The number of aliphatic imine (C=N–C) groups is 1. The van der Waals surface area contributed by atoms with Crippen molar-refractivity contribution in [2.45, 2.75) is 52.3 Å². The Kier molecular flexibility index (Phi) is 7.37. The van der Waals surface area contributed by atoms with Crippen LogP contribution in [0.25, 0.3) is 0 Å². The van der Waals surface area contributed by atoms with Gasteiger partial charge in [-0.05, 0) is 26.0 Å². The molecular weight excluding hydrogens is 328 g/mol. The van der Waals surface area contributed by atoms with Gasteiger partial charge in [-0.25, -0.2) is 4.99 Å². The average molecular weight is 357 g/mol. The number of nitrogens with one attached hydrogen (secondary N) is 1. The Morgan fingerprint density at radius 3 is 2.65 bits per heavy atom. The number of hydrogen-bond donors (Lipinski definition) is 2. The van der Waals surface area contributed by atoms with E-state index in [4.69, 9.17) is 22.1 Å². The van der Waals surface area contributed by atoms with Crippen LogP contribution >= 0.6 is 11.6 Å². The van der Waals surface area contributed by atoms with Crippen LogP contribution in [0.5, 0.6) is 0 Å². The maximum atomic E-state index is 6.22. The van der Waals surface area contributed by atoms with Gasteiger partial charge in [-0.15, -0.1) is 0 Å². The molecule has 3 N–H and O–H groups in total. The predicted octanol–water partition coefficient (Wildman–Crippen LogP) is 3.84. The maximum absolute atomic E-state index is 6.22. The Bertz CT molecular complexity index is 561. The third-order valence-corrected chi connectivity index (χ3v) is 4.94. The first kappa shape index (κ1) is 19.8. The number of halogens is 1. The monoisotopic (exact) mass is 356 g/mol. The minimum absolute atomic E-state index is 0.209. The number of nitrogens with zero attached hydrogens (tertiary/aromatic N) is 2. The van der Waals surface area contributed by atoms with Crippen molar-refractivity contribution in [2.24, 2.45) is 4.99 Å². The van der Waals surface area contributed by atoms with E-state index in [-0.39, 0.29) is 11.2 Å². The second-order valence-electron chi connectivity index (χ2n) is 7.07. The molecule has 0 aliphatic heterocycles. The van der Waals surface area contributed by atoms with Crippen LogP contribution in [0.3, 0.4) is 0 Å². The van der Waals surface area contributed by atoms with Gasteiger partial charge in [-0.1, -0.05) is 37.8 Å². The van der Waals surface area contributed by atoms with Crippen LogP contribution in [-0.2, 0) is 11.5 Å². The van der Waals surface area contributed by atoms with Crippen molar-refractivity contribution in [1.29, 1.82) is 0 Å². The van der Waals surface area contributed by atoms with Crippen LogP contribution in [0, 0.1) is 0 Å². The number of rotatable bonds is 8. The lowest BCUT2D eigenvalue weighted by Crippen LogP contribution is -2.31. The van der Waals surface area contributed by atoms with Gasteiger partial charge in [0.05, 0.1) is 5.56 Å². The van der Waals surface area contributed by atoms with Crippen LogP contribution < -0.4 is 11.1 Å². The van der Waals surface area contributed by atoms with Crippen molar-refractivity contribution in [3.8, 4) is 0 Å². The van der Waals surface area contributed by atoms with E-state index in [1.54, 1.807) is 0 Å². The molecule has 0 aromatic carbocycles. The summed E-state index contributed by atoms with van der Waals surface area (Å²) in [6.07, 6.45) is 1.90. The van der Waals surface area contributed by atoms with E-state index in [2.05, 4.69) is 36.5 Å². The quantitative estimate of drug-likeness (QED) is 0.244. The number of anilines is 1. The van der Waals surface area contributed by atoms with E-state index in [1.165, 1.54) is 0 Å². The van der Waals surface area contributed by atoms with Gasteiger partial charge in [0.2, 0.25) is 0 Å². The van der Waals surface area contributed by atoms with Gasteiger partial charge in [0.25, 0.3) is 0 Å². The number of amidine groups is 1. The normalized spacial score (nSPS) is 12.7. The van der Waals surface area contributed by atoms with Crippen LogP contribution in [0.2, 0.25) is 25.7 Å². The van der Waals surface area contributed by atoms with Crippen LogP contribution in [0.4, 0.5) is 5.82 Å². The molecule has 0 spiro atoms. The Labute approximate surface area is 145 Å². The molecule has 0 aliphatic rings. The summed E-state index contributed by atoms with van der Waals surface area (Å²) in [6.45, 7) is 15.9. The Balaban J connectivity index is 2.79. The molecule has 1 heterocycles. The fourth-order valence-electron chi connectivity index (χ4n) is 1.90. The van der Waals surface area contributed by atoms with Gasteiger partial charge < -0.3 is 20.4 Å². The van der Waals surface area contributed by atoms with Crippen molar-refractivity contribution in [1.82, 2.24) is 9.88 Å². The highest BCUT2D eigenvalue weighted by Crippen LogP contribution is 2.17. The molecule has 1 aromatic heterocycles. The van der Waals surface area contributed by atoms with Crippen molar-refractivity contribution in [3.63, 3.8) is 0 Å². The molecular formula is C16H29ClN4OSi. The average Bonchev–Trinajstić information content (AvgIpc) is 2.73. The molecule has 0 atom stereocenters. The molecule has 1 rings (SSSR count). The zero-order chi connectivity index (χ0) is 17.6. The Hall–Kier alpha value is -1.24. The second kappa shape index (κ2) is 8.56. The van der Waals surface area contributed by atoms with E-state index in [1.807, 2.05) is 30.7 Å². The van der Waals surface area contributed by atoms with Crippen molar-refractivity contribution >= 4 is 31.3 Å². The highest BCUT2D eigenvalue weighted by molar-refractivity contribution is 6.76. The first-order valence-corrected chi connectivity index (χ1v) is 11.9. The molecule has 130 valence electrons. The third kappa shape index (κ3) is 7.24. The zero-order valence-electron chi connectivity index (χ0n) is 14.8. The summed E-state index contributed by atoms with van der Waals surface area (Å²) in [5.74, 6) is 1.22. The minimum Gasteiger partial charge on any atom is -0.384 e. The Morgan fingerprint density at radius 2 is 2.13 bits per heavy atom. The van der Waals surface area contributed by atoms with E-state index in [0.29, 0.717) is 18.4 Å². The lowest BCUT2D eigenvalue weighted by Gasteiger charge is -2.16. The fraction of sp³-hybridized carbons (Fsp3) is 0.562. The Morgan fingerprint density at radius 1 is 1.48 bits per heavy atom. The van der Waals surface area contributed by atoms with Gasteiger partial charge in [0.1, 0.15) is 23.5 Å². The molecule has 5 nitrogen and oxygen atoms in total. The van der Waals surface area contributed by atoms with E-state index >= 15 is 0 Å². The largest absolute Gasteiger partial charge is 0.384 e. The molecule has 0 bridgehead atoms. The molecule has 0 saturated carbocycles.